The van der Waals surface area contributed by atoms with Gasteiger partial charge in [-0.3, -0.25) is 19.7 Å². The quantitative estimate of drug-likeness (QED) is 0.141. The summed E-state index contributed by atoms with van der Waals surface area (Å²) in [6.45, 7) is 1.90. The Labute approximate surface area is 223 Å². The number of nitro groups is 1. The molecular weight excluding hydrogens is 510 g/mol. The third kappa shape index (κ3) is 6.75. The molecule has 186 valence electrons. The van der Waals surface area contributed by atoms with Crippen LogP contribution in [-0.2, 0) is 4.79 Å². The second-order valence-corrected chi connectivity index (χ2v) is 9.75. The first-order chi connectivity index (χ1) is 17.8. The molecule has 2 N–H and O–H groups in total. The summed E-state index contributed by atoms with van der Waals surface area (Å²) in [7, 11) is 0. The van der Waals surface area contributed by atoms with Gasteiger partial charge < -0.3 is 10.6 Å². The number of halogens is 1. The van der Waals surface area contributed by atoms with Crippen LogP contribution in [0, 0.1) is 17.0 Å². The molecule has 1 unspecified atom stereocenters. The highest BCUT2D eigenvalue weighted by molar-refractivity contribution is 8.00. The number of hydrogen-bond donors (Lipinski definition) is 2. The molecule has 4 aromatic rings. The van der Waals surface area contributed by atoms with Crippen molar-refractivity contribution in [1.82, 2.24) is 0 Å². The van der Waals surface area contributed by atoms with Gasteiger partial charge >= 0.3 is 0 Å². The molecule has 0 bridgehead atoms. The van der Waals surface area contributed by atoms with Gasteiger partial charge in [0.1, 0.15) is 5.25 Å². The van der Waals surface area contributed by atoms with E-state index >= 15 is 0 Å². The predicted molar refractivity (Wildman–Crippen MR) is 147 cm³/mol. The number of nitrogens with one attached hydrogen (secondary N) is 2. The molecule has 2 amide bonds. The lowest BCUT2D eigenvalue weighted by Gasteiger charge is -2.18. The lowest BCUT2D eigenvalue weighted by Crippen LogP contribution is -2.19. The summed E-state index contributed by atoms with van der Waals surface area (Å²) in [5, 5.41) is 16.6. The van der Waals surface area contributed by atoms with Crippen molar-refractivity contribution in [2.75, 3.05) is 10.6 Å². The Bertz CT molecular complexity index is 1430. The molecule has 0 radical (unpaired) electrons. The summed E-state index contributed by atoms with van der Waals surface area (Å²) in [5.74, 6) is -0.564. The van der Waals surface area contributed by atoms with Crippen molar-refractivity contribution in [2.24, 2.45) is 0 Å². The predicted octanol–water partition coefficient (Wildman–Crippen LogP) is 7.28. The molecule has 37 heavy (non-hydrogen) atoms. The summed E-state index contributed by atoms with van der Waals surface area (Å²) >= 11 is 7.51. The zero-order valence-electron chi connectivity index (χ0n) is 19.7. The molecule has 1 atom stereocenters. The molecule has 4 rings (SSSR count). The number of hydrogen-bond acceptors (Lipinski definition) is 5. The van der Waals surface area contributed by atoms with Crippen LogP contribution in [-0.4, -0.2) is 16.7 Å². The van der Waals surface area contributed by atoms with E-state index in [1.807, 2.05) is 55.5 Å². The fourth-order valence-corrected chi connectivity index (χ4v) is 4.72. The normalized spacial score (nSPS) is 11.4. The van der Waals surface area contributed by atoms with Gasteiger partial charge in [0.2, 0.25) is 5.91 Å². The number of non-ortho nitro benzene ring substituents is 1. The molecule has 4 aromatic carbocycles. The van der Waals surface area contributed by atoms with E-state index in [1.54, 1.807) is 24.3 Å². The number of thioether (sulfide) groups is 1. The second kappa shape index (κ2) is 11.7. The summed E-state index contributed by atoms with van der Waals surface area (Å²) in [6, 6.07) is 27.3. The standard InChI is InChI=1S/C28H22ClN3O4S/c1-18-7-10-21(29)17-25(18)31-28(34)26(19-5-3-2-4-6-19)37-24-15-11-22(12-16-24)30-27(33)20-8-13-23(14-9-20)32(35)36/h2-17,26H,1H3,(H,30,33)(H,31,34). The Kier molecular flexibility index (Phi) is 8.22. The van der Waals surface area contributed by atoms with Crippen LogP contribution >= 0.6 is 23.4 Å². The first-order valence-corrected chi connectivity index (χ1v) is 12.5. The molecule has 9 heteroatoms. The third-order valence-corrected chi connectivity index (χ3v) is 7.01. The minimum Gasteiger partial charge on any atom is -0.325 e. The van der Waals surface area contributed by atoms with Gasteiger partial charge in [0.15, 0.2) is 0 Å². The summed E-state index contributed by atoms with van der Waals surface area (Å²) in [6.07, 6.45) is 0. The first-order valence-electron chi connectivity index (χ1n) is 11.2. The minimum absolute atomic E-state index is 0.0829. The number of carbonyl (C=O) groups is 2. The number of aryl methyl sites for hydroxylation is 1. The topological polar surface area (TPSA) is 101 Å². The number of amides is 2. The first kappa shape index (κ1) is 25.9. The van der Waals surface area contributed by atoms with Crippen molar-refractivity contribution in [3.05, 3.63) is 129 Å². The Hall–Kier alpha value is -4.14. The molecule has 0 saturated carbocycles. The Balaban J connectivity index is 1.48. The smallest absolute Gasteiger partial charge is 0.269 e. The van der Waals surface area contributed by atoms with Crippen LogP contribution in [0.3, 0.4) is 0 Å². The number of rotatable bonds is 8. The Morgan fingerprint density at radius 1 is 0.892 bits per heavy atom. The molecule has 0 aliphatic carbocycles. The molecule has 0 saturated heterocycles. The molecule has 0 heterocycles. The largest absolute Gasteiger partial charge is 0.325 e. The lowest BCUT2D eigenvalue weighted by atomic mass is 10.1. The van der Waals surface area contributed by atoms with Gasteiger partial charge in [-0.05, 0) is 66.6 Å². The Morgan fingerprint density at radius 3 is 2.22 bits per heavy atom. The fraction of sp³-hybridized carbons (Fsp3) is 0.0714. The monoisotopic (exact) mass is 531 g/mol. The summed E-state index contributed by atoms with van der Waals surface area (Å²) < 4.78 is 0. The summed E-state index contributed by atoms with van der Waals surface area (Å²) in [5.41, 5.74) is 3.19. The van der Waals surface area contributed by atoms with Gasteiger partial charge in [0.05, 0.1) is 4.92 Å². The van der Waals surface area contributed by atoms with Crippen LogP contribution < -0.4 is 10.6 Å². The van der Waals surface area contributed by atoms with Crippen LogP contribution in [0.5, 0.6) is 0 Å². The van der Waals surface area contributed by atoms with Crippen molar-refractivity contribution in [3.63, 3.8) is 0 Å². The molecule has 0 aliphatic heterocycles. The minimum atomic E-state index is -0.528. The van der Waals surface area contributed by atoms with Gasteiger partial charge in [-0.25, -0.2) is 0 Å². The molecule has 0 aromatic heterocycles. The van der Waals surface area contributed by atoms with E-state index in [4.69, 9.17) is 11.6 Å². The average molecular weight is 532 g/mol. The van der Waals surface area contributed by atoms with E-state index in [0.717, 1.165) is 16.0 Å². The van der Waals surface area contributed by atoms with E-state index in [0.29, 0.717) is 22.0 Å². The number of carbonyl (C=O) groups excluding carboxylic acids is 2. The van der Waals surface area contributed by atoms with E-state index in [2.05, 4.69) is 10.6 Å². The highest BCUT2D eigenvalue weighted by atomic mass is 35.5. The van der Waals surface area contributed by atoms with Gasteiger partial charge in [-0.1, -0.05) is 48.0 Å². The maximum atomic E-state index is 13.3. The highest BCUT2D eigenvalue weighted by Gasteiger charge is 2.23. The van der Waals surface area contributed by atoms with Crippen LogP contribution in [0.1, 0.15) is 26.7 Å². The van der Waals surface area contributed by atoms with E-state index in [-0.39, 0.29) is 17.5 Å². The fourth-order valence-electron chi connectivity index (χ4n) is 3.52. The molecule has 7 nitrogen and oxygen atoms in total. The van der Waals surface area contributed by atoms with Crippen molar-refractivity contribution < 1.29 is 14.5 Å². The Morgan fingerprint density at radius 2 is 1.57 bits per heavy atom. The van der Waals surface area contributed by atoms with Crippen LogP contribution in [0.2, 0.25) is 5.02 Å². The SMILES string of the molecule is Cc1ccc(Cl)cc1NC(=O)C(Sc1ccc(NC(=O)c2ccc([N+](=O)[O-])cc2)cc1)c1ccccc1. The molecule has 0 spiro atoms. The number of nitro benzene ring substituents is 1. The van der Waals surface area contributed by atoms with Crippen LogP contribution in [0.15, 0.2) is 102 Å². The van der Waals surface area contributed by atoms with Crippen LogP contribution in [0.25, 0.3) is 0 Å². The molecule has 0 fully saturated rings. The van der Waals surface area contributed by atoms with Gasteiger partial charge in [0, 0.05) is 39.0 Å². The summed E-state index contributed by atoms with van der Waals surface area (Å²) in [4.78, 5) is 37.0. The van der Waals surface area contributed by atoms with Crippen molar-refractivity contribution in [3.8, 4) is 0 Å². The van der Waals surface area contributed by atoms with Gasteiger partial charge in [0.25, 0.3) is 11.6 Å². The maximum Gasteiger partial charge on any atom is 0.269 e. The number of nitrogens with zero attached hydrogens (tertiary/aromatic N) is 1. The average Bonchev–Trinajstić information content (AvgIpc) is 2.90. The van der Waals surface area contributed by atoms with Crippen molar-refractivity contribution in [1.29, 1.82) is 0 Å². The molecule has 0 aliphatic rings. The number of anilines is 2. The van der Waals surface area contributed by atoms with E-state index in [9.17, 15) is 19.7 Å². The van der Waals surface area contributed by atoms with E-state index in [1.165, 1.54) is 36.0 Å². The van der Waals surface area contributed by atoms with Crippen molar-refractivity contribution in [2.45, 2.75) is 17.1 Å². The van der Waals surface area contributed by atoms with Gasteiger partial charge in [-0.2, -0.15) is 0 Å². The zero-order chi connectivity index (χ0) is 26.4. The highest BCUT2D eigenvalue weighted by Crippen LogP contribution is 2.37. The lowest BCUT2D eigenvalue weighted by molar-refractivity contribution is -0.384. The van der Waals surface area contributed by atoms with E-state index < -0.39 is 10.2 Å². The van der Waals surface area contributed by atoms with Crippen LogP contribution in [0.4, 0.5) is 17.1 Å². The molecular formula is C28H22ClN3O4S. The van der Waals surface area contributed by atoms with Crippen molar-refractivity contribution >= 4 is 52.2 Å². The third-order valence-electron chi connectivity index (χ3n) is 5.50. The van der Waals surface area contributed by atoms with Gasteiger partial charge in [-0.15, -0.1) is 11.8 Å². The second-order valence-electron chi connectivity index (χ2n) is 8.14. The zero-order valence-corrected chi connectivity index (χ0v) is 21.3. The maximum absolute atomic E-state index is 13.3. The number of benzene rings is 4.